The number of benzene rings is 2. The highest BCUT2D eigenvalue weighted by molar-refractivity contribution is 7.55. The first-order valence-electron chi connectivity index (χ1n) is 9.63. The van der Waals surface area contributed by atoms with Crippen LogP contribution in [0.5, 0.6) is 0 Å². The van der Waals surface area contributed by atoms with Gasteiger partial charge < -0.3 is 9.84 Å². The molecule has 1 saturated heterocycles. The summed E-state index contributed by atoms with van der Waals surface area (Å²) >= 11 is 12.2. The first kappa shape index (κ1) is 22.3. The highest BCUT2D eigenvalue weighted by Crippen LogP contribution is 2.48. The van der Waals surface area contributed by atoms with Crippen LogP contribution in [-0.4, -0.2) is 43.0 Å². The maximum Gasteiger partial charge on any atom is 0.269 e. The number of rotatable bonds is 6. The van der Waals surface area contributed by atoms with Gasteiger partial charge in [-0.1, -0.05) is 35.3 Å². The zero-order valence-electron chi connectivity index (χ0n) is 16.5. The minimum absolute atomic E-state index is 0.0460. The molecule has 5 nitrogen and oxygen atoms in total. The summed E-state index contributed by atoms with van der Waals surface area (Å²) < 4.78 is 19.8. The molecule has 1 heterocycles. The number of amides is 1. The normalized spacial score (nSPS) is 17.7. The molecule has 0 aliphatic carbocycles. The quantitative estimate of drug-likeness (QED) is 0.567. The molecule has 0 radical (unpaired) electrons. The van der Waals surface area contributed by atoms with Gasteiger partial charge in [-0.15, -0.1) is 0 Å². The molecule has 2 aromatic rings. The number of piperidine rings is 1. The third kappa shape index (κ3) is 5.84. The van der Waals surface area contributed by atoms with Crippen molar-refractivity contribution in [3.8, 4) is 11.1 Å². The minimum atomic E-state index is -2.74. The molecule has 1 atom stereocenters. The number of carbonyl (C=O) groups is 1. The number of nitrogens with one attached hydrogen (secondary N) is 1. The van der Waals surface area contributed by atoms with Gasteiger partial charge in [-0.05, 0) is 61.2 Å². The number of hydrogen-bond donors (Lipinski definition) is 1. The van der Waals surface area contributed by atoms with Crippen LogP contribution in [0.4, 0.5) is 0 Å². The first-order chi connectivity index (χ1) is 13.8. The van der Waals surface area contributed by atoms with Gasteiger partial charge in [0.05, 0.1) is 6.61 Å². The average Bonchev–Trinajstić information content (AvgIpc) is 2.68. The van der Waals surface area contributed by atoms with Crippen LogP contribution in [0.25, 0.3) is 11.1 Å². The fourth-order valence-corrected chi connectivity index (χ4v) is 5.65. The number of halogens is 2. The third-order valence-corrected chi connectivity index (χ3v) is 7.61. The molecule has 1 aliphatic rings. The molecule has 1 amide bonds. The Morgan fingerprint density at radius 1 is 1.14 bits per heavy atom. The topological polar surface area (TPSA) is 58.6 Å². The summed E-state index contributed by atoms with van der Waals surface area (Å²) in [6.07, 6.45) is 1.47. The monoisotopic (exact) mass is 454 g/mol. The fraction of sp³-hybridized carbons (Fsp3) is 0.381. The maximum atomic E-state index is 12.8. The molecule has 1 fully saturated rings. The Bertz CT molecular complexity index is 910. The zero-order chi connectivity index (χ0) is 21.0. The van der Waals surface area contributed by atoms with Gasteiger partial charge in [0.1, 0.15) is 0 Å². The van der Waals surface area contributed by atoms with Gasteiger partial charge in [-0.2, -0.15) is 0 Å². The Kier molecular flexibility index (Phi) is 7.42. The van der Waals surface area contributed by atoms with Crippen LogP contribution in [-0.2, 0) is 9.09 Å². The van der Waals surface area contributed by atoms with E-state index in [1.165, 1.54) is 0 Å². The average molecular weight is 455 g/mol. The van der Waals surface area contributed by atoms with Crippen molar-refractivity contribution >= 4 is 36.6 Å². The Labute approximate surface area is 181 Å². The Morgan fingerprint density at radius 2 is 1.79 bits per heavy atom. The van der Waals surface area contributed by atoms with Crippen molar-refractivity contribution in [1.82, 2.24) is 9.99 Å². The van der Waals surface area contributed by atoms with Crippen molar-refractivity contribution in [1.29, 1.82) is 0 Å². The summed E-state index contributed by atoms with van der Waals surface area (Å²) in [5, 5.41) is 4.19. The molecule has 29 heavy (non-hydrogen) atoms. The number of carbonyl (C=O) groups excluding carboxylic acids is 1. The molecule has 1 aliphatic heterocycles. The van der Waals surface area contributed by atoms with E-state index in [-0.39, 0.29) is 11.9 Å². The lowest BCUT2D eigenvalue weighted by Crippen LogP contribution is -2.43. The molecule has 156 valence electrons. The summed E-state index contributed by atoms with van der Waals surface area (Å²) in [5.41, 5.74) is 2.32. The zero-order valence-corrected chi connectivity index (χ0v) is 18.9. The highest BCUT2D eigenvalue weighted by Gasteiger charge is 2.30. The van der Waals surface area contributed by atoms with Crippen molar-refractivity contribution in [2.75, 3.05) is 26.4 Å². The molecular weight excluding hydrogens is 430 g/mol. The van der Waals surface area contributed by atoms with Gasteiger partial charge in [0.15, 0.2) is 0 Å². The van der Waals surface area contributed by atoms with E-state index in [2.05, 4.69) is 5.32 Å². The van der Waals surface area contributed by atoms with Crippen molar-refractivity contribution in [3.63, 3.8) is 0 Å². The second-order valence-corrected chi connectivity index (χ2v) is 10.5. The standard InChI is InChI=1S/C21H25Cl2N2O3P/c1-3-28-29(2,27)25-9-7-20(8-10-25)24-21(26)16-6-4-5-15(11-16)17-12-18(22)14-19(23)13-17/h4-6,11-14,20H,3,7-10H2,1-2H3,(H,24,26). The fourth-order valence-electron chi connectivity index (χ4n) is 3.52. The summed E-state index contributed by atoms with van der Waals surface area (Å²) in [7, 11) is -2.74. The van der Waals surface area contributed by atoms with Crippen molar-refractivity contribution in [2.24, 2.45) is 0 Å². The van der Waals surface area contributed by atoms with Gasteiger partial charge in [0.25, 0.3) is 13.4 Å². The molecule has 2 aromatic carbocycles. The van der Waals surface area contributed by atoms with E-state index in [0.717, 1.165) is 24.0 Å². The van der Waals surface area contributed by atoms with Gasteiger partial charge in [0.2, 0.25) is 0 Å². The molecule has 0 saturated carbocycles. The van der Waals surface area contributed by atoms with E-state index in [0.29, 0.717) is 35.3 Å². The molecule has 0 aromatic heterocycles. The summed E-state index contributed by atoms with van der Waals surface area (Å²) in [4.78, 5) is 12.8. The lowest BCUT2D eigenvalue weighted by atomic mass is 10.0. The van der Waals surface area contributed by atoms with E-state index >= 15 is 0 Å². The Balaban J connectivity index is 1.64. The summed E-state index contributed by atoms with van der Waals surface area (Å²) in [5.74, 6) is -0.122. The van der Waals surface area contributed by atoms with Crippen molar-refractivity contribution in [3.05, 3.63) is 58.1 Å². The first-order valence-corrected chi connectivity index (χ1v) is 12.4. The molecule has 8 heteroatoms. The Morgan fingerprint density at radius 3 is 2.41 bits per heavy atom. The molecular formula is C21H25Cl2N2O3P. The molecule has 0 spiro atoms. The predicted molar refractivity (Wildman–Crippen MR) is 119 cm³/mol. The van der Waals surface area contributed by atoms with Crippen LogP contribution in [0.2, 0.25) is 10.0 Å². The van der Waals surface area contributed by atoms with Gasteiger partial charge in [-0.3, -0.25) is 9.36 Å². The Hall–Kier alpha value is -1.36. The summed E-state index contributed by atoms with van der Waals surface area (Å²) in [6, 6.07) is 12.8. The van der Waals surface area contributed by atoms with Gasteiger partial charge in [0, 0.05) is 41.4 Å². The SMILES string of the molecule is CCOP(C)(=O)N1CCC(NC(=O)c2cccc(-c3cc(Cl)cc(Cl)c3)c2)CC1. The van der Waals surface area contributed by atoms with Crippen LogP contribution in [0.15, 0.2) is 42.5 Å². The van der Waals surface area contributed by atoms with Crippen LogP contribution in [0.1, 0.15) is 30.1 Å². The van der Waals surface area contributed by atoms with Crippen molar-refractivity contribution < 1.29 is 13.9 Å². The number of hydrogen-bond acceptors (Lipinski definition) is 3. The molecule has 0 bridgehead atoms. The largest absolute Gasteiger partial charge is 0.349 e. The predicted octanol–water partition coefficient (Wildman–Crippen LogP) is 5.71. The van der Waals surface area contributed by atoms with Crippen LogP contribution >= 0.6 is 30.7 Å². The van der Waals surface area contributed by atoms with Crippen LogP contribution in [0, 0.1) is 0 Å². The molecule has 1 unspecified atom stereocenters. The van der Waals surface area contributed by atoms with Crippen molar-refractivity contribution in [2.45, 2.75) is 25.8 Å². The van der Waals surface area contributed by atoms with Crippen LogP contribution in [0.3, 0.4) is 0 Å². The van der Waals surface area contributed by atoms with E-state index in [1.54, 1.807) is 18.8 Å². The lowest BCUT2D eigenvalue weighted by Gasteiger charge is -2.35. The minimum Gasteiger partial charge on any atom is -0.349 e. The molecule has 3 rings (SSSR count). The summed E-state index contributed by atoms with van der Waals surface area (Å²) in [6.45, 7) is 5.20. The van der Waals surface area contributed by atoms with Gasteiger partial charge >= 0.3 is 0 Å². The highest BCUT2D eigenvalue weighted by atomic mass is 35.5. The van der Waals surface area contributed by atoms with E-state index in [1.807, 2.05) is 41.9 Å². The third-order valence-electron chi connectivity index (χ3n) is 5.01. The lowest BCUT2D eigenvalue weighted by molar-refractivity contribution is 0.0922. The number of nitrogens with zero attached hydrogens (tertiary/aromatic N) is 1. The second-order valence-electron chi connectivity index (χ2n) is 7.16. The molecule has 1 N–H and O–H groups in total. The smallest absolute Gasteiger partial charge is 0.269 e. The van der Waals surface area contributed by atoms with Crippen LogP contribution < -0.4 is 5.32 Å². The van der Waals surface area contributed by atoms with Gasteiger partial charge in [-0.25, -0.2) is 4.67 Å². The van der Waals surface area contributed by atoms with E-state index in [9.17, 15) is 9.36 Å². The van der Waals surface area contributed by atoms with E-state index in [4.69, 9.17) is 27.7 Å². The maximum absolute atomic E-state index is 12.8. The second kappa shape index (κ2) is 9.63. The van der Waals surface area contributed by atoms with E-state index < -0.39 is 7.52 Å².